The third-order valence-corrected chi connectivity index (χ3v) is 3.65. The van der Waals surface area contributed by atoms with E-state index in [1.165, 1.54) is 11.3 Å². The number of anilines is 1. The van der Waals surface area contributed by atoms with E-state index in [1.54, 1.807) is 0 Å². The van der Waals surface area contributed by atoms with Gasteiger partial charge in [0.05, 0.1) is 5.56 Å². The van der Waals surface area contributed by atoms with E-state index in [0.717, 1.165) is 23.3 Å². The van der Waals surface area contributed by atoms with Crippen molar-refractivity contribution in [1.82, 2.24) is 5.32 Å². The average Bonchev–Trinajstić information content (AvgIpc) is 2.76. The van der Waals surface area contributed by atoms with Crippen LogP contribution in [0.3, 0.4) is 0 Å². The molecule has 6 heteroatoms. The number of rotatable bonds is 3. The molecule has 0 saturated heterocycles. The van der Waals surface area contributed by atoms with Crippen LogP contribution in [0, 0.1) is 18.6 Å². The molecule has 2 aromatic rings. The Morgan fingerprint density at radius 1 is 1.32 bits per heavy atom. The van der Waals surface area contributed by atoms with Gasteiger partial charge < -0.3 is 11.1 Å². The summed E-state index contributed by atoms with van der Waals surface area (Å²) in [6.07, 6.45) is 0. The molecule has 1 heterocycles. The third kappa shape index (κ3) is 2.90. The number of aryl methyl sites for hydroxylation is 1. The maximum atomic E-state index is 13.1. The molecule has 19 heavy (non-hydrogen) atoms. The molecule has 3 nitrogen and oxygen atoms in total. The number of amides is 1. The Labute approximate surface area is 113 Å². The molecule has 0 aliphatic rings. The van der Waals surface area contributed by atoms with Crippen LogP contribution >= 0.6 is 11.3 Å². The standard InChI is InChI=1S/C13H12F2N2OS/c1-7-5-19-6-8(7)4-17-13(18)9-2-10(14)11(15)3-12(9)16/h2-3,5-6H,4,16H2,1H3,(H,17,18). The van der Waals surface area contributed by atoms with E-state index in [-0.39, 0.29) is 11.3 Å². The van der Waals surface area contributed by atoms with Gasteiger partial charge in [-0.2, -0.15) is 11.3 Å². The largest absolute Gasteiger partial charge is 0.398 e. The second-order valence-electron chi connectivity index (χ2n) is 4.12. The summed E-state index contributed by atoms with van der Waals surface area (Å²) in [5, 5.41) is 6.51. The normalized spacial score (nSPS) is 10.5. The van der Waals surface area contributed by atoms with E-state index in [0.29, 0.717) is 6.54 Å². The van der Waals surface area contributed by atoms with Crippen LogP contribution in [0.25, 0.3) is 0 Å². The number of halogens is 2. The summed E-state index contributed by atoms with van der Waals surface area (Å²) in [7, 11) is 0. The van der Waals surface area contributed by atoms with E-state index in [4.69, 9.17) is 5.73 Å². The fourth-order valence-corrected chi connectivity index (χ4v) is 2.45. The SMILES string of the molecule is Cc1cscc1CNC(=O)c1cc(F)c(F)cc1N. The highest BCUT2D eigenvalue weighted by atomic mass is 32.1. The van der Waals surface area contributed by atoms with Gasteiger partial charge in [-0.1, -0.05) is 0 Å². The Kier molecular flexibility index (Phi) is 3.80. The van der Waals surface area contributed by atoms with Gasteiger partial charge in [-0.15, -0.1) is 0 Å². The molecule has 0 aliphatic heterocycles. The number of carbonyl (C=O) groups is 1. The molecule has 2 rings (SSSR count). The van der Waals surface area contributed by atoms with E-state index in [1.807, 2.05) is 17.7 Å². The predicted octanol–water partition coefficient (Wildman–Crippen LogP) is 2.85. The summed E-state index contributed by atoms with van der Waals surface area (Å²) in [6, 6.07) is 1.61. The minimum absolute atomic E-state index is 0.0632. The fraction of sp³-hybridized carbons (Fsp3) is 0.154. The van der Waals surface area contributed by atoms with Crippen LogP contribution in [0.5, 0.6) is 0 Å². The molecule has 0 fully saturated rings. The molecule has 0 spiro atoms. The Hall–Kier alpha value is -1.95. The van der Waals surface area contributed by atoms with Crippen molar-refractivity contribution in [3.8, 4) is 0 Å². The lowest BCUT2D eigenvalue weighted by Gasteiger charge is -2.08. The first kappa shape index (κ1) is 13.5. The highest BCUT2D eigenvalue weighted by molar-refractivity contribution is 7.08. The van der Waals surface area contributed by atoms with Gasteiger partial charge in [0.1, 0.15) is 0 Å². The van der Waals surface area contributed by atoms with E-state index in [9.17, 15) is 13.6 Å². The van der Waals surface area contributed by atoms with Crippen molar-refractivity contribution in [1.29, 1.82) is 0 Å². The maximum absolute atomic E-state index is 13.1. The van der Waals surface area contributed by atoms with Gasteiger partial charge in [-0.25, -0.2) is 8.78 Å². The number of nitrogen functional groups attached to an aromatic ring is 1. The molecule has 0 unspecified atom stereocenters. The quantitative estimate of drug-likeness (QED) is 0.850. The molecule has 0 saturated carbocycles. The molecule has 0 atom stereocenters. The number of hydrogen-bond acceptors (Lipinski definition) is 3. The average molecular weight is 282 g/mol. The molecular weight excluding hydrogens is 270 g/mol. The molecule has 0 aliphatic carbocycles. The Bertz CT molecular complexity index is 625. The Morgan fingerprint density at radius 3 is 2.63 bits per heavy atom. The molecule has 0 bridgehead atoms. The summed E-state index contributed by atoms with van der Waals surface area (Å²) >= 11 is 1.54. The third-order valence-electron chi connectivity index (χ3n) is 2.74. The first-order valence-electron chi connectivity index (χ1n) is 5.53. The van der Waals surface area contributed by atoms with Gasteiger partial charge in [0.25, 0.3) is 5.91 Å². The van der Waals surface area contributed by atoms with Gasteiger partial charge in [0.15, 0.2) is 11.6 Å². The Morgan fingerprint density at radius 2 is 2.00 bits per heavy atom. The predicted molar refractivity (Wildman–Crippen MR) is 71.0 cm³/mol. The summed E-state index contributed by atoms with van der Waals surface area (Å²) in [4.78, 5) is 11.9. The van der Waals surface area contributed by atoms with Crippen molar-refractivity contribution in [3.63, 3.8) is 0 Å². The number of hydrogen-bond donors (Lipinski definition) is 2. The molecular formula is C13H12F2N2OS. The molecule has 1 aromatic heterocycles. The lowest BCUT2D eigenvalue weighted by molar-refractivity contribution is 0.0951. The van der Waals surface area contributed by atoms with Crippen LogP contribution in [0.1, 0.15) is 21.5 Å². The van der Waals surface area contributed by atoms with Gasteiger partial charge in [-0.05, 0) is 34.9 Å². The van der Waals surface area contributed by atoms with Crippen molar-refractivity contribution in [3.05, 3.63) is 51.2 Å². The van der Waals surface area contributed by atoms with Gasteiger partial charge in [-0.3, -0.25) is 4.79 Å². The molecule has 1 amide bonds. The molecule has 0 radical (unpaired) electrons. The highest BCUT2D eigenvalue weighted by Crippen LogP contribution is 2.18. The minimum Gasteiger partial charge on any atom is -0.398 e. The van der Waals surface area contributed by atoms with Gasteiger partial charge in [0.2, 0.25) is 0 Å². The van der Waals surface area contributed by atoms with E-state index >= 15 is 0 Å². The number of benzene rings is 1. The van der Waals surface area contributed by atoms with Crippen molar-refractivity contribution < 1.29 is 13.6 Å². The fourth-order valence-electron chi connectivity index (χ4n) is 1.60. The zero-order chi connectivity index (χ0) is 14.0. The summed E-state index contributed by atoms with van der Waals surface area (Å²) in [5.41, 5.74) is 7.42. The topological polar surface area (TPSA) is 55.1 Å². The second-order valence-corrected chi connectivity index (χ2v) is 4.86. The molecule has 100 valence electrons. The van der Waals surface area contributed by atoms with Crippen LogP contribution in [-0.4, -0.2) is 5.91 Å². The minimum atomic E-state index is -1.09. The van der Waals surface area contributed by atoms with Crippen LogP contribution in [0.15, 0.2) is 22.9 Å². The van der Waals surface area contributed by atoms with Crippen molar-refractivity contribution in [2.24, 2.45) is 0 Å². The smallest absolute Gasteiger partial charge is 0.253 e. The van der Waals surface area contributed by atoms with Gasteiger partial charge in [0, 0.05) is 18.3 Å². The maximum Gasteiger partial charge on any atom is 0.253 e. The molecule has 3 N–H and O–H groups in total. The number of carbonyl (C=O) groups excluding carboxylic acids is 1. The van der Waals surface area contributed by atoms with E-state index < -0.39 is 17.5 Å². The number of nitrogens with one attached hydrogen (secondary N) is 1. The zero-order valence-corrected chi connectivity index (χ0v) is 11.0. The van der Waals surface area contributed by atoms with E-state index in [2.05, 4.69) is 5.32 Å². The Balaban J connectivity index is 2.12. The highest BCUT2D eigenvalue weighted by Gasteiger charge is 2.14. The summed E-state index contributed by atoms with van der Waals surface area (Å²) in [5.74, 6) is -2.68. The lowest BCUT2D eigenvalue weighted by atomic mass is 10.1. The monoisotopic (exact) mass is 282 g/mol. The van der Waals surface area contributed by atoms with Crippen LogP contribution < -0.4 is 11.1 Å². The first-order chi connectivity index (χ1) is 8.99. The van der Waals surface area contributed by atoms with Crippen molar-refractivity contribution in [2.45, 2.75) is 13.5 Å². The zero-order valence-electron chi connectivity index (χ0n) is 10.2. The van der Waals surface area contributed by atoms with Crippen LogP contribution in [-0.2, 0) is 6.54 Å². The summed E-state index contributed by atoms with van der Waals surface area (Å²) in [6.45, 7) is 2.26. The lowest BCUT2D eigenvalue weighted by Crippen LogP contribution is -2.24. The molecule has 1 aromatic carbocycles. The number of thiophene rings is 1. The van der Waals surface area contributed by atoms with Crippen LogP contribution in [0.4, 0.5) is 14.5 Å². The van der Waals surface area contributed by atoms with Gasteiger partial charge >= 0.3 is 0 Å². The summed E-state index contributed by atoms with van der Waals surface area (Å²) < 4.78 is 26.0. The second kappa shape index (κ2) is 5.36. The number of nitrogens with two attached hydrogens (primary N) is 1. The van der Waals surface area contributed by atoms with Crippen molar-refractivity contribution >= 4 is 22.9 Å². The first-order valence-corrected chi connectivity index (χ1v) is 6.47. The van der Waals surface area contributed by atoms with Crippen molar-refractivity contribution in [2.75, 3.05) is 5.73 Å². The van der Waals surface area contributed by atoms with Crippen LogP contribution in [0.2, 0.25) is 0 Å².